The predicted molar refractivity (Wildman–Crippen MR) is 100 cm³/mol. The highest BCUT2D eigenvalue weighted by atomic mass is 32.1. The first-order valence-electron chi connectivity index (χ1n) is 8.21. The molecule has 0 aliphatic rings. The highest BCUT2D eigenvalue weighted by molar-refractivity contribution is 7.80. The molecule has 10 heteroatoms. The Morgan fingerprint density at radius 1 is 1.03 bits per heavy atom. The number of hydrogen-bond acceptors (Lipinski definition) is 2. The van der Waals surface area contributed by atoms with Gasteiger partial charge in [-0.25, -0.2) is 0 Å². The first-order chi connectivity index (χ1) is 13.4. The zero-order valence-electron chi connectivity index (χ0n) is 14.6. The van der Waals surface area contributed by atoms with E-state index in [4.69, 9.17) is 18.0 Å². The lowest BCUT2D eigenvalue weighted by atomic mass is 10.0. The third-order valence-electron chi connectivity index (χ3n) is 4.44. The van der Waals surface area contributed by atoms with Crippen molar-refractivity contribution in [1.29, 1.82) is 0 Å². The van der Waals surface area contributed by atoms with Crippen LogP contribution in [0.25, 0.3) is 22.0 Å². The molecule has 0 atom stereocenters. The van der Waals surface area contributed by atoms with Gasteiger partial charge in [0.05, 0.1) is 6.61 Å². The summed E-state index contributed by atoms with van der Waals surface area (Å²) in [5, 5.41) is 9.45. The lowest BCUT2D eigenvalue weighted by Crippen LogP contribution is -2.38. The summed E-state index contributed by atoms with van der Waals surface area (Å²) in [4.78, 5) is 0.0432. The number of thiocarbonyl (C=S) groups is 1. The number of rotatable bonds is 4. The van der Waals surface area contributed by atoms with Crippen molar-refractivity contribution in [2.75, 3.05) is 0 Å². The summed E-state index contributed by atoms with van der Waals surface area (Å²) in [7, 11) is 0. The largest absolute Gasteiger partial charge is 0.418 e. The molecule has 154 valence electrons. The summed E-state index contributed by atoms with van der Waals surface area (Å²) < 4.78 is 80.4. The maximum atomic E-state index is 13.4. The van der Waals surface area contributed by atoms with Crippen LogP contribution in [-0.4, -0.2) is 27.0 Å². The third-order valence-corrected chi connectivity index (χ3v) is 4.67. The van der Waals surface area contributed by atoms with Gasteiger partial charge in [-0.05, 0) is 23.3 Å². The lowest BCUT2D eigenvalue weighted by Gasteiger charge is -2.25. The van der Waals surface area contributed by atoms with Gasteiger partial charge in [0.15, 0.2) is 0 Å². The molecule has 29 heavy (non-hydrogen) atoms. The minimum absolute atomic E-state index is 0.0432. The average molecular weight is 432 g/mol. The van der Waals surface area contributed by atoms with E-state index in [9.17, 15) is 31.4 Å². The van der Waals surface area contributed by atoms with E-state index in [0.29, 0.717) is 11.1 Å². The number of hydrogen-bond donors (Lipinski definition) is 2. The molecule has 0 bridgehead atoms. The van der Waals surface area contributed by atoms with Crippen molar-refractivity contribution in [3.05, 3.63) is 59.8 Å². The summed E-state index contributed by atoms with van der Waals surface area (Å²) >= 11 is 4.89. The van der Waals surface area contributed by atoms with Gasteiger partial charge in [-0.2, -0.15) is 26.3 Å². The van der Waals surface area contributed by atoms with Crippen molar-refractivity contribution < 1.29 is 31.4 Å². The van der Waals surface area contributed by atoms with Gasteiger partial charge in [0.25, 0.3) is 0 Å². The molecule has 0 amide bonds. The van der Waals surface area contributed by atoms with E-state index in [1.165, 1.54) is 24.3 Å². The fourth-order valence-corrected chi connectivity index (χ4v) is 3.31. The van der Waals surface area contributed by atoms with E-state index in [2.05, 4.69) is 0 Å². The molecule has 0 saturated heterocycles. The molecule has 3 rings (SSSR count). The van der Waals surface area contributed by atoms with Crippen LogP contribution < -0.4 is 5.73 Å². The molecular formula is C19H14F6N2OS. The summed E-state index contributed by atoms with van der Waals surface area (Å²) in [6, 6.07) is 6.37. The topological polar surface area (TPSA) is 51.2 Å². The molecule has 0 unspecified atom stereocenters. The van der Waals surface area contributed by atoms with Gasteiger partial charge in [-0.3, -0.25) is 0 Å². The van der Waals surface area contributed by atoms with Gasteiger partial charge in [-0.15, -0.1) is 0 Å². The van der Waals surface area contributed by atoms with E-state index in [-0.39, 0.29) is 31.6 Å². The van der Waals surface area contributed by atoms with E-state index >= 15 is 0 Å². The molecule has 3 N–H and O–H groups in total. The first-order valence-corrected chi connectivity index (χ1v) is 8.62. The highest BCUT2D eigenvalue weighted by Crippen LogP contribution is 2.46. The van der Waals surface area contributed by atoms with E-state index in [1.54, 1.807) is 12.1 Å². The van der Waals surface area contributed by atoms with Crippen LogP contribution in [0.2, 0.25) is 0 Å². The second-order valence-electron chi connectivity index (χ2n) is 6.39. The number of nitrogens with two attached hydrogens (primary N) is 1. The van der Waals surface area contributed by atoms with Crippen molar-refractivity contribution >= 4 is 28.1 Å². The molecule has 0 aliphatic heterocycles. The van der Waals surface area contributed by atoms with Gasteiger partial charge in [-0.1, -0.05) is 42.5 Å². The molecular weight excluding hydrogens is 418 g/mol. The number of aromatic nitrogens is 1. The quantitative estimate of drug-likeness (QED) is 0.446. The highest BCUT2D eigenvalue weighted by Gasteiger charge is 2.58. The Morgan fingerprint density at radius 3 is 2.24 bits per heavy atom. The minimum atomic E-state index is -5.57. The molecule has 0 radical (unpaired) electrons. The van der Waals surface area contributed by atoms with Gasteiger partial charge in [0.2, 0.25) is 6.04 Å². The van der Waals surface area contributed by atoms with Gasteiger partial charge < -0.3 is 15.4 Å². The fourth-order valence-electron chi connectivity index (χ4n) is 3.18. The number of halogens is 6. The van der Waals surface area contributed by atoms with E-state index < -0.39 is 25.0 Å². The molecule has 0 spiro atoms. The maximum Gasteiger partial charge on any atom is 0.418 e. The maximum absolute atomic E-state index is 13.4. The average Bonchev–Trinajstić information content (AvgIpc) is 2.97. The molecule has 0 aliphatic carbocycles. The second-order valence-corrected chi connectivity index (χ2v) is 6.83. The summed E-state index contributed by atoms with van der Waals surface area (Å²) in [6.07, 6.45) is -10.3. The number of aliphatic hydroxyl groups is 1. The lowest BCUT2D eigenvalue weighted by molar-refractivity contribution is -0.273. The van der Waals surface area contributed by atoms with Gasteiger partial charge >= 0.3 is 12.4 Å². The Morgan fingerprint density at radius 2 is 1.69 bits per heavy atom. The summed E-state index contributed by atoms with van der Waals surface area (Å²) in [5.41, 5.74) is 6.40. The second kappa shape index (κ2) is 7.34. The van der Waals surface area contributed by atoms with Crippen LogP contribution in [0.15, 0.2) is 48.7 Å². The van der Waals surface area contributed by atoms with Crippen molar-refractivity contribution in [2.24, 2.45) is 5.73 Å². The number of alkyl halides is 6. The Kier molecular flexibility index (Phi) is 5.35. The molecule has 0 fully saturated rings. The van der Waals surface area contributed by atoms with E-state index in [0.717, 1.165) is 12.3 Å². The SMILES string of the molecule is NC(=S)c1cccc(-c2cn(C(C(F)(F)F)C(F)(F)F)c3cc(CO)ccc23)c1. The monoisotopic (exact) mass is 432 g/mol. The standard InChI is InChI=1S/C19H14F6N2OS/c20-18(21,22)17(19(23,24)25)27-8-14(11-2-1-3-12(7-11)16(26)29)13-5-4-10(9-28)6-15(13)27/h1-8,17,28H,9H2,(H2,26,29). The third kappa shape index (κ3) is 4.08. The molecule has 0 saturated carbocycles. The molecule has 2 aromatic carbocycles. The van der Waals surface area contributed by atoms with Crippen LogP contribution in [0, 0.1) is 0 Å². The van der Waals surface area contributed by atoms with Crippen molar-refractivity contribution in [3.8, 4) is 11.1 Å². The van der Waals surface area contributed by atoms with Crippen LogP contribution in [0.3, 0.4) is 0 Å². The molecule has 1 aromatic heterocycles. The van der Waals surface area contributed by atoms with Crippen LogP contribution >= 0.6 is 12.2 Å². The number of benzene rings is 2. The van der Waals surface area contributed by atoms with Crippen LogP contribution in [0.5, 0.6) is 0 Å². The fraction of sp³-hybridized carbons (Fsp3) is 0.211. The Hall–Kier alpha value is -2.59. The molecule has 3 nitrogen and oxygen atoms in total. The number of fused-ring (bicyclic) bond motifs is 1. The minimum Gasteiger partial charge on any atom is -0.392 e. The zero-order chi connectivity index (χ0) is 21.6. The Bertz CT molecular complexity index is 1060. The molecule has 1 heterocycles. The number of aliphatic hydroxyl groups excluding tert-OH is 1. The van der Waals surface area contributed by atoms with Gasteiger partial charge in [0.1, 0.15) is 4.99 Å². The summed E-state index contributed by atoms with van der Waals surface area (Å²) in [5.74, 6) is 0. The summed E-state index contributed by atoms with van der Waals surface area (Å²) in [6.45, 7) is -0.532. The zero-order valence-corrected chi connectivity index (χ0v) is 15.4. The van der Waals surface area contributed by atoms with Gasteiger partial charge in [0, 0.05) is 28.2 Å². The van der Waals surface area contributed by atoms with Crippen LogP contribution in [0.4, 0.5) is 26.3 Å². The first kappa shape index (κ1) is 21.1. The smallest absolute Gasteiger partial charge is 0.392 e. The Balaban J connectivity index is 2.34. The van der Waals surface area contributed by atoms with Crippen molar-refractivity contribution in [3.63, 3.8) is 0 Å². The Labute approximate surface area is 166 Å². The number of nitrogens with zero attached hydrogens (tertiary/aromatic N) is 1. The van der Waals surface area contributed by atoms with E-state index in [1.807, 2.05) is 0 Å². The van der Waals surface area contributed by atoms with Crippen LogP contribution in [0.1, 0.15) is 17.2 Å². The van der Waals surface area contributed by atoms with Crippen LogP contribution in [-0.2, 0) is 6.61 Å². The molecule has 3 aromatic rings. The predicted octanol–water partition coefficient (Wildman–Crippen LogP) is 5.10. The normalized spacial score (nSPS) is 12.7. The van der Waals surface area contributed by atoms with Crippen molar-refractivity contribution in [2.45, 2.75) is 25.0 Å². The van der Waals surface area contributed by atoms with Crippen molar-refractivity contribution in [1.82, 2.24) is 4.57 Å².